The van der Waals surface area contributed by atoms with Crippen LogP contribution < -0.4 is 5.32 Å². The molecule has 0 bridgehead atoms. The van der Waals surface area contributed by atoms with Crippen molar-refractivity contribution >= 4 is 5.91 Å². The molecular formula is C11H20N4O2. The molecule has 1 aromatic heterocycles. The zero-order valence-electron chi connectivity index (χ0n) is 10.6. The maximum Gasteiger partial charge on any atom is 0.241 e. The van der Waals surface area contributed by atoms with E-state index in [0.29, 0.717) is 6.42 Å². The van der Waals surface area contributed by atoms with Gasteiger partial charge in [-0.2, -0.15) is 0 Å². The van der Waals surface area contributed by atoms with Gasteiger partial charge in [-0.1, -0.05) is 26.0 Å². The van der Waals surface area contributed by atoms with Gasteiger partial charge in [0.1, 0.15) is 6.54 Å². The van der Waals surface area contributed by atoms with E-state index in [1.807, 2.05) is 20.8 Å². The lowest BCUT2D eigenvalue weighted by atomic mass is 9.89. The Bertz CT molecular complexity index is 343. The molecule has 0 fully saturated rings. The van der Waals surface area contributed by atoms with Crippen molar-refractivity contribution in [1.29, 1.82) is 0 Å². The molecule has 1 aromatic rings. The third-order valence-electron chi connectivity index (χ3n) is 2.16. The molecular weight excluding hydrogens is 220 g/mol. The van der Waals surface area contributed by atoms with E-state index in [1.54, 1.807) is 6.20 Å². The Morgan fingerprint density at radius 1 is 1.53 bits per heavy atom. The lowest BCUT2D eigenvalue weighted by molar-refractivity contribution is -0.122. The minimum atomic E-state index is -0.519. The van der Waals surface area contributed by atoms with Crippen molar-refractivity contribution in [2.45, 2.75) is 39.8 Å². The Kier molecular flexibility index (Phi) is 4.62. The number of carbonyl (C=O) groups is 1. The molecule has 0 aliphatic carbocycles. The molecule has 2 N–H and O–H groups in total. The zero-order chi connectivity index (χ0) is 12.9. The summed E-state index contributed by atoms with van der Waals surface area (Å²) in [5.41, 5.74) is 0.0516. The van der Waals surface area contributed by atoms with Crippen molar-refractivity contribution < 1.29 is 9.90 Å². The van der Waals surface area contributed by atoms with Gasteiger partial charge in [-0.3, -0.25) is 4.79 Å². The Morgan fingerprint density at radius 2 is 2.24 bits per heavy atom. The first kappa shape index (κ1) is 13.6. The van der Waals surface area contributed by atoms with Crippen molar-refractivity contribution in [2.24, 2.45) is 5.41 Å². The summed E-state index contributed by atoms with van der Waals surface area (Å²) in [6, 6.07) is 0. The van der Waals surface area contributed by atoms with Crippen LogP contribution >= 0.6 is 0 Å². The molecule has 0 aliphatic rings. The second-order valence-electron chi connectivity index (χ2n) is 5.32. The molecule has 96 valence electrons. The van der Waals surface area contributed by atoms with Gasteiger partial charge in [-0.25, -0.2) is 4.68 Å². The highest BCUT2D eigenvalue weighted by atomic mass is 16.3. The number of carbonyl (C=O) groups excluding carboxylic acids is 1. The second-order valence-corrected chi connectivity index (χ2v) is 5.32. The largest absolute Gasteiger partial charge is 0.391 e. The molecule has 0 radical (unpaired) electrons. The number of nitrogens with one attached hydrogen (secondary N) is 1. The summed E-state index contributed by atoms with van der Waals surface area (Å²) in [5.74, 6) is -0.177. The summed E-state index contributed by atoms with van der Waals surface area (Å²) >= 11 is 0. The van der Waals surface area contributed by atoms with Gasteiger partial charge in [0.15, 0.2) is 0 Å². The van der Waals surface area contributed by atoms with Crippen LogP contribution in [-0.2, 0) is 11.3 Å². The van der Waals surface area contributed by atoms with Gasteiger partial charge in [0, 0.05) is 12.7 Å². The topological polar surface area (TPSA) is 80.0 Å². The van der Waals surface area contributed by atoms with E-state index in [0.717, 1.165) is 0 Å². The van der Waals surface area contributed by atoms with Crippen LogP contribution in [0.2, 0.25) is 0 Å². The minimum Gasteiger partial charge on any atom is -0.391 e. The molecule has 6 heteroatoms. The van der Waals surface area contributed by atoms with E-state index in [1.165, 1.54) is 10.9 Å². The van der Waals surface area contributed by atoms with Crippen LogP contribution in [0.25, 0.3) is 0 Å². The number of aliphatic hydroxyl groups excluding tert-OH is 1. The number of aromatic nitrogens is 3. The van der Waals surface area contributed by atoms with Gasteiger partial charge in [-0.05, 0) is 11.8 Å². The molecule has 1 atom stereocenters. The van der Waals surface area contributed by atoms with E-state index < -0.39 is 6.10 Å². The first-order valence-corrected chi connectivity index (χ1v) is 5.66. The Hall–Kier alpha value is -1.43. The number of aliphatic hydroxyl groups is 1. The lowest BCUT2D eigenvalue weighted by Gasteiger charge is -2.22. The van der Waals surface area contributed by atoms with Crippen molar-refractivity contribution in [3.63, 3.8) is 0 Å². The molecule has 6 nitrogen and oxygen atoms in total. The summed E-state index contributed by atoms with van der Waals surface area (Å²) in [4.78, 5) is 11.5. The van der Waals surface area contributed by atoms with Gasteiger partial charge < -0.3 is 10.4 Å². The highest BCUT2D eigenvalue weighted by molar-refractivity contribution is 5.75. The van der Waals surface area contributed by atoms with Crippen LogP contribution in [0.4, 0.5) is 0 Å². The lowest BCUT2D eigenvalue weighted by Crippen LogP contribution is -2.36. The highest BCUT2D eigenvalue weighted by Gasteiger charge is 2.17. The summed E-state index contributed by atoms with van der Waals surface area (Å²) in [6.45, 7) is 6.54. The number of hydrogen-bond acceptors (Lipinski definition) is 4. The Labute approximate surface area is 101 Å². The third kappa shape index (κ3) is 6.01. The SMILES string of the molecule is CC(C)(C)CC(O)CNC(=O)Cn1ccnn1. The number of rotatable bonds is 5. The van der Waals surface area contributed by atoms with Crippen molar-refractivity contribution in [3.8, 4) is 0 Å². The summed E-state index contributed by atoms with van der Waals surface area (Å²) in [7, 11) is 0. The van der Waals surface area contributed by atoms with E-state index in [9.17, 15) is 9.90 Å². The van der Waals surface area contributed by atoms with Crippen molar-refractivity contribution in [1.82, 2.24) is 20.3 Å². The molecule has 1 amide bonds. The minimum absolute atomic E-state index is 0.0516. The fourth-order valence-corrected chi connectivity index (χ4v) is 1.53. The van der Waals surface area contributed by atoms with Gasteiger partial charge in [-0.15, -0.1) is 5.10 Å². The number of hydrogen-bond donors (Lipinski definition) is 2. The third-order valence-corrected chi connectivity index (χ3v) is 2.16. The van der Waals surface area contributed by atoms with Gasteiger partial charge in [0.2, 0.25) is 5.91 Å². The fourth-order valence-electron chi connectivity index (χ4n) is 1.53. The molecule has 0 spiro atoms. The summed E-state index contributed by atoms with van der Waals surface area (Å²) in [6.07, 6.45) is 3.26. The smallest absolute Gasteiger partial charge is 0.241 e. The van der Waals surface area contributed by atoms with E-state index in [-0.39, 0.29) is 24.4 Å². The van der Waals surface area contributed by atoms with Crippen molar-refractivity contribution in [3.05, 3.63) is 12.4 Å². The zero-order valence-corrected chi connectivity index (χ0v) is 10.6. The van der Waals surface area contributed by atoms with Crippen LogP contribution in [0, 0.1) is 5.41 Å². The van der Waals surface area contributed by atoms with E-state index in [4.69, 9.17) is 0 Å². The fraction of sp³-hybridized carbons (Fsp3) is 0.727. The van der Waals surface area contributed by atoms with Gasteiger partial charge in [0.25, 0.3) is 0 Å². The summed E-state index contributed by atoms with van der Waals surface area (Å²) < 4.78 is 1.44. The van der Waals surface area contributed by atoms with Crippen LogP contribution in [0.15, 0.2) is 12.4 Å². The molecule has 17 heavy (non-hydrogen) atoms. The average Bonchev–Trinajstić information content (AvgIpc) is 2.64. The van der Waals surface area contributed by atoms with Crippen LogP contribution in [0.1, 0.15) is 27.2 Å². The normalized spacial score (nSPS) is 13.4. The first-order valence-electron chi connectivity index (χ1n) is 5.66. The van der Waals surface area contributed by atoms with Crippen LogP contribution in [0.5, 0.6) is 0 Å². The predicted molar refractivity (Wildman–Crippen MR) is 63.1 cm³/mol. The van der Waals surface area contributed by atoms with Gasteiger partial charge in [0.05, 0.1) is 12.3 Å². The van der Waals surface area contributed by atoms with Crippen molar-refractivity contribution in [2.75, 3.05) is 6.54 Å². The standard InChI is InChI=1S/C11H20N4O2/c1-11(2,3)6-9(16)7-12-10(17)8-15-5-4-13-14-15/h4-5,9,16H,6-8H2,1-3H3,(H,12,17). The average molecular weight is 240 g/mol. The number of nitrogens with zero attached hydrogens (tertiary/aromatic N) is 3. The highest BCUT2D eigenvalue weighted by Crippen LogP contribution is 2.20. The van der Waals surface area contributed by atoms with Crippen LogP contribution in [-0.4, -0.2) is 38.7 Å². The molecule has 1 unspecified atom stereocenters. The molecule has 1 rings (SSSR count). The van der Waals surface area contributed by atoms with E-state index >= 15 is 0 Å². The van der Waals surface area contributed by atoms with Crippen LogP contribution in [0.3, 0.4) is 0 Å². The molecule has 0 saturated carbocycles. The quantitative estimate of drug-likeness (QED) is 0.770. The Morgan fingerprint density at radius 3 is 2.76 bits per heavy atom. The first-order chi connectivity index (χ1) is 7.87. The summed E-state index contributed by atoms with van der Waals surface area (Å²) in [5, 5.41) is 19.7. The Balaban J connectivity index is 2.24. The molecule has 1 heterocycles. The predicted octanol–water partition coefficient (Wildman–Crippen LogP) is 0.191. The second kappa shape index (κ2) is 5.77. The van der Waals surface area contributed by atoms with E-state index in [2.05, 4.69) is 15.6 Å². The molecule has 0 aliphatic heterocycles. The monoisotopic (exact) mass is 240 g/mol. The van der Waals surface area contributed by atoms with Gasteiger partial charge >= 0.3 is 0 Å². The maximum atomic E-state index is 11.5. The molecule has 0 saturated heterocycles. The molecule has 0 aromatic carbocycles. The number of amides is 1. The maximum absolute atomic E-state index is 11.5.